The van der Waals surface area contributed by atoms with E-state index >= 15 is 0 Å². The molecule has 0 spiro atoms. The minimum atomic E-state index is 0.613. The summed E-state index contributed by atoms with van der Waals surface area (Å²) in [4.78, 5) is 0. The van der Waals surface area contributed by atoms with Crippen LogP contribution >= 0.6 is 0 Å². The smallest absolute Gasteiger partial charge is 0.122 e. The maximum Gasteiger partial charge on any atom is 0.122 e. The van der Waals surface area contributed by atoms with Crippen molar-refractivity contribution >= 4 is 11.4 Å². The van der Waals surface area contributed by atoms with Crippen LogP contribution in [0, 0.1) is 5.92 Å². The van der Waals surface area contributed by atoms with Gasteiger partial charge >= 0.3 is 0 Å². The van der Waals surface area contributed by atoms with Crippen LogP contribution in [0.25, 0.3) is 0 Å². The van der Waals surface area contributed by atoms with Gasteiger partial charge in [0.15, 0.2) is 0 Å². The second kappa shape index (κ2) is 4.74. The number of hydrogen-bond acceptors (Lipinski definition) is 3. The van der Waals surface area contributed by atoms with Crippen LogP contribution in [0.1, 0.15) is 13.8 Å². The van der Waals surface area contributed by atoms with E-state index in [-0.39, 0.29) is 0 Å². The maximum atomic E-state index is 5.72. The van der Waals surface area contributed by atoms with Crippen molar-refractivity contribution in [2.24, 2.45) is 5.92 Å². The van der Waals surface area contributed by atoms with Gasteiger partial charge in [0.2, 0.25) is 0 Å². The van der Waals surface area contributed by atoms with Gasteiger partial charge in [0, 0.05) is 30.1 Å². The molecule has 3 heteroatoms. The molecule has 0 heterocycles. The Hall–Kier alpha value is -1.38. The van der Waals surface area contributed by atoms with E-state index < -0.39 is 0 Å². The number of ether oxygens (including phenoxy) is 1. The standard InChI is InChI=1S/C11H18N2O/c1-8(2)7-13-10-4-9(12)5-11(6-10)14-3/h4-6,8,13H,7,12H2,1-3H3. The molecule has 0 aliphatic carbocycles. The third-order valence-electron chi connectivity index (χ3n) is 1.88. The van der Waals surface area contributed by atoms with Gasteiger partial charge in [0.1, 0.15) is 5.75 Å². The van der Waals surface area contributed by atoms with Gasteiger partial charge in [0.05, 0.1) is 7.11 Å². The van der Waals surface area contributed by atoms with Crippen LogP contribution in [0.5, 0.6) is 5.75 Å². The van der Waals surface area contributed by atoms with Crippen molar-refractivity contribution in [3.05, 3.63) is 18.2 Å². The van der Waals surface area contributed by atoms with Gasteiger partial charge in [-0.05, 0) is 12.0 Å². The van der Waals surface area contributed by atoms with Crippen LogP contribution in [0.4, 0.5) is 11.4 Å². The molecule has 0 saturated heterocycles. The summed E-state index contributed by atoms with van der Waals surface area (Å²) in [6, 6.07) is 5.66. The number of anilines is 2. The molecule has 0 fully saturated rings. The number of nitrogens with one attached hydrogen (secondary N) is 1. The lowest BCUT2D eigenvalue weighted by Gasteiger charge is -2.11. The molecule has 0 bridgehead atoms. The predicted molar refractivity (Wildman–Crippen MR) is 60.7 cm³/mol. The van der Waals surface area contributed by atoms with Gasteiger partial charge in [-0.15, -0.1) is 0 Å². The normalized spacial score (nSPS) is 10.3. The molecule has 1 rings (SSSR count). The number of methoxy groups -OCH3 is 1. The lowest BCUT2D eigenvalue weighted by atomic mass is 10.2. The maximum absolute atomic E-state index is 5.72. The molecule has 1 aromatic carbocycles. The fourth-order valence-corrected chi connectivity index (χ4v) is 1.16. The second-order valence-electron chi connectivity index (χ2n) is 3.77. The first-order valence-electron chi connectivity index (χ1n) is 4.80. The summed E-state index contributed by atoms with van der Waals surface area (Å²) in [5.41, 5.74) is 7.45. The van der Waals surface area contributed by atoms with Crippen LogP contribution < -0.4 is 15.8 Å². The van der Waals surface area contributed by atoms with Crippen LogP contribution in [0.15, 0.2) is 18.2 Å². The van der Waals surface area contributed by atoms with Crippen molar-refractivity contribution in [1.82, 2.24) is 0 Å². The Morgan fingerprint density at radius 2 is 2.07 bits per heavy atom. The number of nitrogen functional groups attached to an aromatic ring is 1. The molecule has 0 radical (unpaired) electrons. The summed E-state index contributed by atoms with van der Waals surface area (Å²) < 4.78 is 5.12. The Balaban J connectivity index is 2.71. The predicted octanol–water partition coefficient (Wildman–Crippen LogP) is 2.35. The highest BCUT2D eigenvalue weighted by atomic mass is 16.5. The van der Waals surface area contributed by atoms with Gasteiger partial charge < -0.3 is 15.8 Å². The lowest BCUT2D eigenvalue weighted by Crippen LogP contribution is -2.08. The zero-order valence-electron chi connectivity index (χ0n) is 9.00. The Bertz CT molecular complexity index is 297. The Morgan fingerprint density at radius 1 is 1.36 bits per heavy atom. The van der Waals surface area contributed by atoms with Crippen molar-refractivity contribution in [2.75, 3.05) is 24.7 Å². The zero-order chi connectivity index (χ0) is 10.6. The van der Waals surface area contributed by atoms with Crippen molar-refractivity contribution in [1.29, 1.82) is 0 Å². The van der Waals surface area contributed by atoms with Crippen molar-refractivity contribution in [2.45, 2.75) is 13.8 Å². The minimum Gasteiger partial charge on any atom is -0.497 e. The van der Waals surface area contributed by atoms with E-state index in [2.05, 4.69) is 19.2 Å². The first-order chi connectivity index (χ1) is 6.61. The molecule has 14 heavy (non-hydrogen) atoms. The van der Waals surface area contributed by atoms with E-state index in [1.807, 2.05) is 12.1 Å². The van der Waals surface area contributed by atoms with Crippen molar-refractivity contribution < 1.29 is 4.74 Å². The Kier molecular flexibility index (Phi) is 3.63. The van der Waals surface area contributed by atoms with Crippen molar-refractivity contribution in [3.63, 3.8) is 0 Å². The number of benzene rings is 1. The van der Waals surface area contributed by atoms with Gasteiger partial charge in [0.25, 0.3) is 0 Å². The van der Waals surface area contributed by atoms with Gasteiger partial charge in [-0.2, -0.15) is 0 Å². The molecule has 0 unspecified atom stereocenters. The molecule has 1 aromatic rings. The molecule has 3 N–H and O–H groups in total. The molecular weight excluding hydrogens is 176 g/mol. The van der Waals surface area contributed by atoms with Crippen LogP contribution in [-0.2, 0) is 0 Å². The van der Waals surface area contributed by atoms with Gasteiger partial charge in [-0.25, -0.2) is 0 Å². The van der Waals surface area contributed by atoms with E-state index in [1.54, 1.807) is 13.2 Å². The van der Waals surface area contributed by atoms with E-state index in [4.69, 9.17) is 10.5 Å². The van der Waals surface area contributed by atoms with Crippen LogP contribution in [-0.4, -0.2) is 13.7 Å². The summed E-state index contributed by atoms with van der Waals surface area (Å²) >= 11 is 0. The second-order valence-corrected chi connectivity index (χ2v) is 3.77. The van der Waals surface area contributed by atoms with Gasteiger partial charge in [-0.1, -0.05) is 13.8 Å². The van der Waals surface area contributed by atoms with Gasteiger partial charge in [-0.3, -0.25) is 0 Å². The highest BCUT2D eigenvalue weighted by Crippen LogP contribution is 2.22. The molecule has 78 valence electrons. The van der Waals surface area contributed by atoms with E-state index in [1.165, 1.54) is 0 Å². The SMILES string of the molecule is COc1cc(N)cc(NCC(C)C)c1. The first-order valence-corrected chi connectivity index (χ1v) is 4.80. The molecule has 0 atom stereocenters. The average Bonchev–Trinajstić information content (AvgIpc) is 2.14. The summed E-state index contributed by atoms with van der Waals surface area (Å²) in [6.07, 6.45) is 0. The lowest BCUT2D eigenvalue weighted by molar-refractivity contribution is 0.415. The molecular formula is C11H18N2O. The third-order valence-corrected chi connectivity index (χ3v) is 1.88. The van der Waals surface area contributed by atoms with Crippen LogP contribution in [0.3, 0.4) is 0 Å². The molecule has 0 aliphatic rings. The topological polar surface area (TPSA) is 47.3 Å². The largest absolute Gasteiger partial charge is 0.497 e. The highest BCUT2D eigenvalue weighted by Gasteiger charge is 1.99. The van der Waals surface area contributed by atoms with E-state index in [9.17, 15) is 0 Å². The third kappa shape index (κ3) is 3.17. The fraction of sp³-hybridized carbons (Fsp3) is 0.455. The number of rotatable bonds is 4. The first kappa shape index (κ1) is 10.7. The molecule has 0 saturated carbocycles. The quantitative estimate of drug-likeness (QED) is 0.723. The monoisotopic (exact) mass is 194 g/mol. The summed E-state index contributed by atoms with van der Waals surface area (Å²) in [6.45, 7) is 5.26. The Morgan fingerprint density at radius 3 is 2.64 bits per heavy atom. The van der Waals surface area contributed by atoms with E-state index in [0.717, 1.165) is 23.7 Å². The van der Waals surface area contributed by atoms with Crippen molar-refractivity contribution in [3.8, 4) is 5.75 Å². The highest BCUT2D eigenvalue weighted by molar-refractivity contribution is 5.59. The number of nitrogens with two attached hydrogens (primary N) is 1. The molecule has 0 aromatic heterocycles. The number of hydrogen-bond donors (Lipinski definition) is 2. The molecule has 0 amide bonds. The Labute approximate surface area is 85.3 Å². The summed E-state index contributed by atoms with van der Waals surface area (Å²) in [5, 5.41) is 3.30. The zero-order valence-corrected chi connectivity index (χ0v) is 9.00. The van der Waals surface area contributed by atoms with E-state index in [0.29, 0.717) is 5.92 Å². The summed E-state index contributed by atoms with van der Waals surface area (Å²) in [7, 11) is 1.64. The average molecular weight is 194 g/mol. The van der Waals surface area contributed by atoms with Crippen LogP contribution in [0.2, 0.25) is 0 Å². The molecule has 3 nitrogen and oxygen atoms in total. The molecule has 0 aliphatic heterocycles. The summed E-state index contributed by atoms with van der Waals surface area (Å²) in [5.74, 6) is 1.40. The fourth-order valence-electron chi connectivity index (χ4n) is 1.16. The minimum absolute atomic E-state index is 0.613.